The average Bonchev–Trinajstić information content (AvgIpc) is 3.06. The van der Waals surface area contributed by atoms with Gasteiger partial charge in [0.2, 0.25) is 5.91 Å². The van der Waals surface area contributed by atoms with E-state index < -0.39 is 0 Å². The third-order valence-corrected chi connectivity index (χ3v) is 5.33. The zero-order valence-corrected chi connectivity index (χ0v) is 17.0. The summed E-state index contributed by atoms with van der Waals surface area (Å²) in [7, 11) is 0. The number of carbonyl (C=O) groups is 1. The fourth-order valence-electron chi connectivity index (χ4n) is 3.76. The zero-order chi connectivity index (χ0) is 20.5. The van der Waals surface area contributed by atoms with Crippen molar-refractivity contribution in [2.45, 2.75) is 39.7 Å². The van der Waals surface area contributed by atoms with Crippen molar-refractivity contribution in [1.82, 2.24) is 24.3 Å². The zero-order valence-electron chi connectivity index (χ0n) is 17.0. The Morgan fingerprint density at radius 2 is 1.86 bits per heavy atom. The van der Waals surface area contributed by atoms with Crippen molar-refractivity contribution in [1.29, 1.82) is 0 Å². The number of aromatic nitrogens is 4. The van der Waals surface area contributed by atoms with Gasteiger partial charge in [-0.15, -0.1) is 0 Å². The van der Waals surface area contributed by atoms with Crippen molar-refractivity contribution in [2.24, 2.45) is 0 Å². The maximum absolute atomic E-state index is 12.2. The first-order chi connectivity index (χ1) is 13.9. The van der Waals surface area contributed by atoms with E-state index >= 15 is 0 Å². The lowest BCUT2D eigenvalue weighted by molar-refractivity contribution is -0.129. The van der Waals surface area contributed by atoms with Crippen molar-refractivity contribution < 1.29 is 4.79 Å². The number of hydrogen-bond donors (Lipinski definition) is 0. The van der Waals surface area contributed by atoms with Gasteiger partial charge < -0.3 is 4.90 Å². The molecule has 1 fully saturated rings. The van der Waals surface area contributed by atoms with Gasteiger partial charge in [0.1, 0.15) is 0 Å². The molecule has 0 bridgehead atoms. The first-order valence-electron chi connectivity index (χ1n) is 9.96. The second-order valence-corrected chi connectivity index (χ2v) is 7.69. The highest BCUT2D eigenvalue weighted by Crippen LogP contribution is 2.30. The highest BCUT2D eigenvalue weighted by molar-refractivity contribution is 5.85. The Kier molecular flexibility index (Phi) is 5.05. The van der Waals surface area contributed by atoms with E-state index in [1.807, 2.05) is 47.7 Å². The van der Waals surface area contributed by atoms with E-state index in [0.29, 0.717) is 0 Å². The van der Waals surface area contributed by atoms with E-state index in [9.17, 15) is 9.59 Å². The Balaban J connectivity index is 1.81. The Morgan fingerprint density at radius 1 is 1.10 bits per heavy atom. The fourth-order valence-corrected chi connectivity index (χ4v) is 3.76. The third-order valence-electron chi connectivity index (χ3n) is 5.33. The highest BCUT2D eigenvalue weighted by Gasteiger charge is 2.19. The maximum atomic E-state index is 12.2. The van der Waals surface area contributed by atoms with E-state index in [4.69, 9.17) is 5.10 Å². The summed E-state index contributed by atoms with van der Waals surface area (Å²) in [5, 5.41) is 9.39. The first-order valence-corrected chi connectivity index (χ1v) is 9.96. The molecule has 3 aromatic rings. The second-order valence-electron chi connectivity index (χ2n) is 7.69. The maximum Gasteiger partial charge on any atom is 0.267 e. The fraction of sp³-hybridized carbons (Fsp3) is 0.364. The van der Waals surface area contributed by atoms with E-state index in [1.54, 1.807) is 19.1 Å². The van der Waals surface area contributed by atoms with E-state index in [2.05, 4.69) is 11.2 Å². The summed E-state index contributed by atoms with van der Waals surface area (Å²) in [6.45, 7) is 6.98. The highest BCUT2D eigenvalue weighted by atomic mass is 16.2. The van der Waals surface area contributed by atoms with Crippen LogP contribution >= 0.6 is 0 Å². The Bertz CT molecular complexity index is 1150. The molecule has 29 heavy (non-hydrogen) atoms. The number of fused-ring (bicyclic) bond motifs is 1. The van der Waals surface area contributed by atoms with Gasteiger partial charge in [-0.3, -0.25) is 9.59 Å². The minimum absolute atomic E-state index is 0.0259. The lowest BCUT2D eigenvalue weighted by Crippen LogP contribution is -2.34. The van der Waals surface area contributed by atoms with Crippen molar-refractivity contribution in [3.63, 3.8) is 0 Å². The van der Waals surface area contributed by atoms with Gasteiger partial charge in [0, 0.05) is 32.3 Å². The van der Waals surface area contributed by atoms with Crippen LogP contribution in [0.3, 0.4) is 0 Å². The van der Waals surface area contributed by atoms with Crippen LogP contribution in [0.2, 0.25) is 0 Å². The van der Waals surface area contributed by atoms with Crippen molar-refractivity contribution >= 4 is 17.5 Å². The van der Waals surface area contributed by atoms with Crippen LogP contribution in [0.25, 0.3) is 22.9 Å². The summed E-state index contributed by atoms with van der Waals surface area (Å²) in [6, 6.07) is 9.23. The summed E-state index contributed by atoms with van der Waals surface area (Å²) in [5.41, 5.74) is 4.58. The molecular formula is C22H25N5O2. The van der Waals surface area contributed by atoms with Gasteiger partial charge in [-0.05, 0) is 51.0 Å². The molecule has 0 unspecified atom stereocenters. The summed E-state index contributed by atoms with van der Waals surface area (Å²) in [4.78, 5) is 25.6. The van der Waals surface area contributed by atoms with Gasteiger partial charge in [0.15, 0.2) is 0 Å². The number of pyridine rings is 1. The molecule has 0 N–H and O–H groups in total. The molecule has 3 aromatic heterocycles. The molecule has 0 atom stereocenters. The monoisotopic (exact) mass is 391 g/mol. The van der Waals surface area contributed by atoms with E-state index in [1.165, 1.54) is 10.3 Å². The smallest absolute Gasteiger partial charge is 0.267 e. The normalized spacial score (nSPS) is 14.6. The molecule has 1 aliphatic rings. The van der Waals surface area contributed by atoms with Crippen LogP contribution in [0.15, 0.2) is 46.9 Å². The molecule has 7 heteroatoms. The van der Waals surface area contributed by atoms with Crippen LogP contribution in [0.1, 0.15) is 45.3 Å². The Labute approximate surface area is 169 Å². The molecule has 0 saturated carbocycles. The molecule has 1 amide bonds. The molecule has 0 aromatic carbocycles. The number of nitrogens with zero attached hydrogens (tertiary/aromatic N) is 5. The van der Waals surface area contributed by atoms with Crippen LogP contribution in [0.5, 0.6) is 0 Å². The molecule has 0 radical (unpaired) electrons. The van der Waals surface area contributed by atoms with Gasteiger partial charge in [0.25, 0.3) is 5.56 Å². The lowest BCUT2D eigenvalue weighted by atomic mass is 10.0. The van der Waals surface area contributed by atoms with Gasteiger partial charge in [0.05, 0.1) is 28.5 Å². The molecule has 1 saturated heterocycles. The predicted molar refractivity (Wildman–Crippen MR) is 113 cm³/mol. The SMILES string of the molecule is CC(=O)N1CCC(=Cc2nn3ccccc3c2-c2ccc(=O)n(C(C)C)n2)CC1. The Morgan fingerprint density at radius 3 is 2.55 bits per heavy atom. The first kappa shape index (κ1) is 19.1. The second kappa shape index (κ2) is 7.66. The standard InChI is InChI=1S/C22H25N5O2/c1-15(2)27-21(29)8-7-18(24-27)22-19(23-26-11-5-4-6-20(22)26)14-17-9-12-25(13-10-17)16(3)28/h4-8,11,14-15H,9-10,12-13H2,1-3H3. The molecular weight excluding hydrogens is 366 g/mol. The Hall–Kier alpha value is -3.22. The number of rotatable bonds is 3. The minimum Gasteiger partial charge on any atom is -0.342 e. The van der Waals surface area contributed by atoms with Crippen LogP contribution in [0.4, 0.5) is 0 Å². The largest absolute Gasteiger partial charge is 0.342 e. The van der Waals surface area contributed by atoms with Gasteiger partial charge in [-0.2, -0.15) is 10.2 Å². The van der Waals surface area contributed by atoms with Crippen LogP contribution in [-0.2, 0) is 4.79 Å². The predicted octanol–water partition coefficient (Wildman–Crippen LogP) is 3.16. The topological polar surface area (TPSA) is 72.5 Å². The van der Waals surface area contributed by atoms with Crippen LogP contribution in [-0.4, -0.2) is 43.3 Å². The van der Waals surface area contributed by atoms with Crippen molar-refractivity contribution in [2.75, 3.05) is 13.1 Å². The van der Waals surface area contributed by atoms with Gasteiger partial charge >= 0.3 is 0 Å². The molecule has 4 heterocycles. The number of likely N-dealkylation sites (tertiary alicyclic amines) is 1. The molecule has 1 aliphatic heterocycles. The number of hydrogen-bond acceptors (Lipinski definition) is 4. The quantitative estimate of drug-likeness (QED) is 0.687. The average molecular weight is 391 g/mol. The van der Waals surface area contributed by atoms with Crippen molar-refractivity contribution in [3.8, 4) is 11.3 Å². The molecule has 7 nitrogen and oxygen atoms in total. The van der Waals surface area contributed by atoms with Gasteiger partial charge in [-0.25, -0.2) is 9.20 Å². The van der Waals surface area contributed by atoms with Crippen LogP contribution in [0, 0.1) is 0 Å². The summed E-state index contributed by atoms with van der Waals surface area (Å²) >= 11 is 0. The summed E-state index contributed by atoms with van der Waals surface area (Å²) < 4.78 is 3.35. The van der Waals surface area contributed by atoms with Crippen molar-refractivity contribution in [3.05, 3.63) is 58.1 Å². The summed E-state index contributed by atoms with van der Waals surface area (Å²) in [6.07, 6.45) is 5.71. The van der Waals surface area contributed by atoms with Gasteiger partial charge in [-0.1, -0.05) is 11.6 Å². The lowest BCUT2D eigenvalue weighted by Gasteiger charge is -2.27. The molecule has 4 rings (SSSR count). The third kappa shape index (κ3) is 3.72. The number of amides is 1. The molecule has 0 aliphatic carbocycles. The van der Waals surface area contributed by atoms with E-state index in [0.717, 1.165) is 48.4 Å². The number of carbonyl (C=O) groups excluding carboxylic acids is 1. The molecule has 150 valence electrons. The number of piperidine rings is 1. The summed E-state index contributed by atoms with van der Waals surface area (Å²) in [5.74, 6) is 0.123. The molecule has 0 spiro atoms. The van der Waals surface area contributed by atoms with E-state index in [-0.39, 0.29) is 17.5 Å². The van der Waals surface area contributed by atoms with Crippen LogP contribution < -0.4 is 5.56 Å². The minimum atomic E-state index is -0.114.